The van der Waals surface area contributed by atoms with Gasteiger partial charge in [-0.05, 0) is 70.8 Å². The maximum absolute atomic E-state index is 10.8. The molecule has 4 N–H and O–H groups in total. The molecule has 27 heavy (non-hydrogen) atoms. The third-order valence-corrected chi connectivity index (χ3v) is 5.87. The van der Waals surface area contributed by atoms with Gasteiger partial charge < -0.3 is 25.2 Å². The van der Waals surface area contributed by atoms with Crippen LogP contribution in [0.5, 0.6) is 0 Å². The molecule has 0 heterocycles. The third-order valence-electron chi connectivity index (χ3n) is 5.87. The molecule has 0 unspecified atom stereocenters. The van der Waals surface area contributed by atoms with Gasteiger partial charge in [0.1, 0.15) is 6.10 Å². The Kier molecular flexibility index (Phi) is 9.66. The van der Waals surface area contributed by atoms with Gasteiger partial charge in [0.15, 0.2) is 0 Å². The van der Waals surface area contributed by atoms with Crippen molar-refractivity contribution in [3.8, 4) is 0 Å². The van der Waals surface area contributed by atoms with Crippen LogP contribution >= 0.6 is 0 Å². The van der Waals surface area contributed by atoms with Crippen LogP contribution in [0.25, 0.3) is 0 Å². The molecule has 0 aliphatic heterocycles. The van der Waals surface area contributed by atoms with E-state index in [2.05, 4.69) is 13.8 Å². The van der Waals surface area contributed by atoms with E-state index >= 15 is 0 Å². The van der Waals surface area contributed by atoms with Gasteiger partial charge in [-0.1, -0.05) is 31.6 Å². The fourth-order valence-corrected chi connectivity index (χ4v) is 3.59. The lowest BCUT2D eigenvalue weighted by atomic mass is 9.83. The van der Waals surface area contributed by atoms with Crippen molar-refractivity contribution in [1.82, 2.24) is 0 Å². The van der Waals surface area contributed by atoms with Crippen molar-refractivity contribution < 1.29 is 25.2 Å². The lowest BCUT2D eigenvalue weighted by Gasteiger charge is -2.36. The van der Waals surface area contributed by atoms with Crippen molar-refractivity contribution in [2.24, 2.45) is 5.92 Å². The molecule has 4 atom stereocenters. The highest BCUT2D eigenvalue weighted by molar-refractivity contribution is 5.13. The minimum atomic E-state index is -1.23. The molecule has 1 rings (SSSR count). The van der Waals surface area contributed by atoms with Crippen LogP contribution < -0.4 is 0 Å². The van der Waals surface area contributed by atoms with Crippen LogP contribution in [0.2, 0.25) is 0 Å². The van der Waals surface area contributed by atoms with Crippen LogP contribution in [0.1, 0.15) is 73.1 Å². The summed E-state index contributed by atoms with van der Waals surface area (Å²) in [4.78, 5) is 0. The molecule has 0 bridgehead atoms. The number of ether oxygens (including phenoxy) is 1. The van der Waals surface area contributed by atoms with Gasteiger partial charge in [0.05, 0.1) is 23.9 Å². The summed E-state index contributed by atoms with van der Waals surface area (Å²) in [7, 11) is 0. The SMILES string of the molecule is CCO[C@@]1(C)CC/C(C(C)C)=C\[C@H](O)[C@@](C)(O)CC/C=C(\CO)CC[C@@H]1O. The van der Waals surface area contributed by atoms with E-state index in [1.165, 1.54) is 0 Å². The van der Waals surface area contributed by atoms with Crippen molar-refractivity contribution in [2.45, 2.75) is 96.6 Å². The van der Waals surface area contributed by atoms with Crippen molar-refractivity contribution in [2.75, 3.05) is 13.2 Å². The van der Waals surface area contributed by atoms with Crippen LogP contribution in [-0.4, -0.2) is 57.0 Å². The third kappa shape index (κ3) is 7.31. The average molecular weight is 385 g/mol. The molecule has 0 saturated carbocycles. The summed E-state index contributed by atoms with van der Waals surface area (Å²) < 4.78 is 5.94. The normalized spacial score (nSPS) is 38.6. The molecule has 0 radical (unpaired) electrons. The quantitative estimate of drug-likeness (QED) is 0.559. The van der Waals surface area contributed by atoms with Crippen molar-refractivity contribution in [1.29, 1.82) is 0 Å². The summed E-state index contributed by atoms with van der Waals surface area (Å²) in [6.07, 6.45) is 5.43. The van der Waals surface area contributed by atoms with Gasteiger partial charge in [0, 0.05) is 6.61 Å². The predicted octanol–water partition coefficient (Wildman–Crippen LogP) is 3.11. The van der Waals surface area contributed by atoms with E-state index in [9.17, 15) is 20.4 Å². The van der Waals surface area contributed by atoms with E-state index in [1.807, 2.05) is 19.9 Å². The van der Waals surface area contributed by atoms with Gasteiger partial charge >= 0.3 is 0 Å². The molecule has 1 aliphatic carbocycles. The number of aliphatic hydroxyl groups excluding tert-OH is 3. The van der Waals surface area contributed by atoms with E-state index in [1.54, 1.807) is 13.0 Å². The first kappa shape index (κ1) is 24.3. The Morgan fingerprint density at radius 3 is 2.41 bits per heavy atom. The largest absolute Gasteiger partial charge is 0.392 e. The number of hydrogen-bond donors (Lipinski definition) is 4. The first-order valence-corrected chi connectivity index (χ1v) is 10.3. The first-order valence-electron chi connectivity index (χ1n) is 10.3. The van der Waals surface area contributed by atoms with E-state index in [-0.39, 0.29) is 12.5 Å². The molecular weight excluding hydrogens is 344 g/mol. The minimum Gasteiger partial charge on any atom is -0.392 e. The van der Waals surface area contributed by atoms with Crippen molar-refractivity contribution >= 4 is 0 Å². The highest BCUT2D eigenvalue weighted by Crippen LogP contribution is 2.31. The minimum absolute atomic E-state index is 0.0693. The van der Waals surface area contributed by atoms with E-state index in [0.717, 1.165) is 11.1 Å². The summed E-state index contributed by atoms with van der Waals surface area (Å²) in [6.45, 7) is 10.1. The summed E-state index contributed by atoms with van der Waals surface area (Å²) in [5.41, 5.74) is -0.0245. The van der Waals surface area contributed by atoms with E-state index in [4.69, 9.17) is 4.74 Å². The number of aliphatic hydroxyl groups is 4. The summed E-state index contributed by atoms with van der Waals surface area (Å²) in [6, 6.07) is 0. The summed E-state index contributed by atoms with van der Waals surface area (Å²) in [5.74, 6) is 0.229. The molecule has 5 heteroatoms. The Bertz CT molecular complexity index is 509. The zero-order valence-electron chi connectivity index (χ0n) is 17.7. The molecule has 0 aromatic carbocycles. The van der Waals surface area contributed by atoms with E-state index in [0.29, 0.717) is 45.1 Å². The zero-order valence-corrected chi connectivity index (χ0v) is 17.7. The fraction of sp³-hybridized carbons (Fsp3) is 0.818. The zero-order chi connectivity index (χ0) is 20.7. The monoisotopic (exact) mass is 384 g/mol. The second-order valence-corrected chi connectivity index (χ2v) is 8.56. The highest BCUT2D eigenvalue weighted by Gasteiger charge is 2.34. The Labute approximate surface area is 164 Å². The Morgan fingerprint density at radius 1 is 1.19 bits per heavy atom. The van der Waals surface area contributed by atoms with Crippen molar-refractivity contribution in [3.63, 3.8) is 0 Å². The van der Waals surface area contributed by atoms with Gasteiger partial charge in [-0.3, -0.25) is 0 Å². The Hall–Kier alpha value is -0.720. The topological polar surface area (TPSA) is 90.2 Å². The molecular formula is C22H40O5. The Balaban J connectivity index is 3.21. The highest BCUT2D eigenvalue weighted by atomic mass is 16.5. The number of hydrogen-bond acceptors (Lipinski definition) is 5. The van der Waals surface area contributed by atoms with Gasteiger partial charge in [0.2, 0.25) is 0 Å². The standard InChI is InChI=1S/C22H40O5/c1-6-27-22(5)13-11-18(16(2)3)14-20(25)21(4,26)12-7-8-17(15-23)9-10-19(22)24/h8,14,16,19-20,23-26H,6-7,9-13,15H2,1-5H3/b17-8-,18-14+/t19-,20-,21-,22-/m0/s1. The van der Waals surface area contributed by atoms with Crippen molar-refractivity contribution in [3.05, 3.63) is 23.3 Å². The predicted molar refractivity (Wildman–Crippen MR) is 108 cm³/mol. The summed E-state index contributed by atoms with van der Waals surface area (Å²) in [5, 5.41) is 41.7. The van der Waals surface area contributed by atoms with Crippen LogP contribution in [0, 0.1) is 5.92 Å². The number of allylic oxidation sites excluding steroid dienone is 2. The van der Waals surface area contributed by atoms with Crippen LogP contribution in [-0.2, 0) is 4.74 Å². The van der Waals surface area contributed by atoms with Crippen LogP contribution in [0.4, 0.5) is 0 Å². The molecule has 158 valence electrons. The lowest BCUT2D eigenvalue weighted by molar-refractivity contribution is -0.115. The molecule has 1 aliphatic rings. The van der Waals surface area contributed by atoms with Crippen LogP contribution in [0.3, 0.4) is 0 Å². The molecule has 0 amide bonds. The van der Waals surface area contributed by atoms with E-state index < -0.39 is 23.4 Å². The smallest absolute Gasteiger partial charge is 0.101 e. The maximum atomic E-state index is 10.8. The van der Waals surface area contributed by atoms with Gasteiger partial charge in [-0.15, -0.1) is 0 Å². The number of rotatable bonds is 4. The van der Waals surface area contributed by atoms with Gasteiger partial charge in [0.25, 0.3) is 0 Å². The molecule has 0 fully saturated rings. The second-order valence-electron chi connectivity index (χ2n) is 8.56. The molecule has 0 aromatic rings. The molecule has 5 nitrogen and oxygen atoms in total. The Morgan fingerprint density at radius 2 is 1.85 bits per heavy atom. The first-order chi connectivity index (χ1) is 12.6. The fourth-order valence-electron chi connectivity index (χ4n) is 3.59. The van der Waals surface area contributed by atoms with Crippen LogP contribution in [0.15, 0.2) is 23.3 Å². The molecule has 0 spiro atoms. The second kappa shape index (κ2) is 10.7. The lowest BCUT2D eigenvalue weighted by Crippen LogP contribution is -2.42. The summed E-state index contributed by atoms with van der Waals surface area (Å²) >= 11 is 0. The van der Waals surface area contributed by atoms with Gasteiger partial charge in [-0.2, -0.15) is 0 Å². The molecule has 0 saturated heterocycles. The van der Waals surface area contributed by atoms with Gasteiger partial charge in [-0.25, -0.2) is 0 Å². The maximum Gasteiger partial charge on any atom is 0.101 e. The molecule has 0 aromatic heterocycles. The average Bonchev–Trinajstić information content (AvgIpc) is 2.59.